The molecule has 0 aromatic heterocycles. The highest BCUT2D eigenvalue weighted by atomic mass is 32.2. The predicted octanol–water partition coefficient (Wildman–Crippen LogP) is -3.51. The van der Waals surface area contributed by atoms with Crippen LogP contribution in [0.3, 0.4) is 0 Å². The molecule has 10 nitrogen and oxygen atoms in total. The molecule has 0 saturated carbocycles. The van der Waals surface area contributed by atoms with E-state index in [1.54, 1.807) is 0 Å². The number of allylic oxidation sites excluding steroid dienone is 1. The Bertz CT molecular complexity index is 496. The number of hydrogen-bond acceptors (Lipinski definition) is 9. The summed E-state index contributed by atoms with van der Waals surface area (Å²) in [7, 11) is -5.62. The van der Waals surface area contributed by atoms with E-state index in [-0.39, 0.29) is 6.42 Å². The molecule has 124 valence electrons. The summed E-state index contributed by atoms with van der Waals surface area (Å²) in [5, 5.41) is 54.3. The number of carbonyl (C=O) groups is 1. The van der Waals surface area contributed by atoms with Gasteiger partial charge in [0.2, 0.25) is 0 Å². The van der Waals surface area contributed by atoms with Crippen molar-refractivity contribution in [1.82, 2.24) is 0 Å². The summed E-state index contributed by atoms with van der Waals surface area (Å²) in [5.41, 5.74) is -3.40. The maximum atomic E-state index is 11.3. The fourth-order valence-corrected chi connectivity index (χ4v) is 1.98. The van der Waals surface area contributed by atoms with Crippen LogP contribution in [0.2, 0.25) is 0 Å². The molecule has 0 spiro atoms. The lowest BCUT2D eigenvalue weighted by atomic mass is 9.84. The van der Waals surface area contributed by atoms with E-state index in [0.29, 0.717) is 6.08 Å². The fourth-order valence-electron chi connectivity index (χ4n) is 1.46. The van der Waals surface area contributed by atoms with Crippen LogP contribution in [-0.2, 0) is 14.9 Å². The van der Waals surface area contributed by atoms with Gasteiger partial charge >= 0.3 is 15.2 Å². The van der Waals surface area contributed by atoms with Crippen LogP contribution in [-0.4, -0.2) is 78.9 Å². The number of aliphatic hydroxyl groups excluding tert-OH is 3. The van der Waals surface area contributed by atoms with Gasteiger partial charge in [0, 0.05) is 0 Å². The maximum absolute atomic E-state index is 11.3. The van der Waals surface area contributed by atoms with E-state index in [1.165, 1.54) is 6.92 Å². The largest absolute Gasteiger partial charge is 0.394 e. The molecule has 0 aliphatic carbocycles. The zero-order valence-electron chi connectivity index (χ0n) is 11.0. The second-order valence-electron chi connectivity index (χ2n) is 4.27. The summed E-state index contributed by atoms with van der Waals surface area (Å²) in [5.74, 6) is -4.18. The molecule has 0 heterocycles. The van der Waals surface area contributed by atoms with Crippen LogP contribution in [0.5, 0.6) is 0 Å². The van der Waals surface area contributed by atoms with Gasteiger partial charge < -0.3 is 30.6 Å². The van der Waals surface area contributed by atoms with Crippen molar-refractivity contribution in [1.29, 1.82) is 0 Å². The van der Waals surface area contributed by atoms with Crippen LogP contribution < -0.4 is 0 Å². The first-order chi connectivity index (χ1) is 9.36. The highest BCUT2D eigenvalue weighted by molar-refractivity contribution is 8.01. The minimum absolute atomic E-state index is 0.167. The number of aliphatic hydroxyl groups is 6. The van der Waals surface area contributed by atoms with Crippen LogP contribution in [0.1, 0.15) is 13.3 Å². The molecule has 0 aromatic carbocycles. The minimum Gasteiger partial charge on any atom is -0.394 e. The van der Waals surface area contributed by atoms with Crippen molar-refractivity contribution in [2.45, 2.75) is 36.9 Å². The van der Waals surface area contributed by atoms with Crippen LogP contribution in [0.15, 0.2) is 12.2 Å². The molecule has 0 radical (unpaired) electrons. The van der Waals surface area contributed by atoms with Gasteiger partial charge in [-0.15, -0.1) is 0 Å². The van der Waals surface area contributed by atoms with Crippen molar-refractivity contribution in [3.63, 3.8) is 0 Å². The molecule has 0 aliphatic rings. The van der Waals surface area contributed by atoms with E-state index in [0.717, 1.165) is 6.08 Å². The van der Waals surface area contributed by atoms with E-state index >= 15 is 0 Å². The molecule has 0 rings (SSSR count). The molecular formula is C10H18O10S. The third kappa shape index (κ3) is 4.05. The topological polar surface area (TPSA) is 193 Å². The number of carbonyl (C=O) groups excluding carboxylic acids is 1. The molecule has 0 bridgehead atoms. The highest BCUT2D eigenvalue weighted by Gasteiger charge is 2.61. The van der Waals surface area contributed by atoms with Gasteiger partial charge in [-0.05, 0) is 12.5 Å². The van der Waals surface area contributed by atoms with Crippen molar-refractivity contribution >= 4 is 15.2 Å². The van der Waals surface area contributed by atoms with Crippen molar-refractivity contribution < 1.29 is 48.4 Å². The third-order valence-corrected chi connectivity index (χ3v) is 3.44. The Hall–Kier alpha value is -0.920. The number of rotatable bonds is 7. The zero-order valence-corrected chi connectivity index (χ0v) is 11.8. The summed E-state index contributed by atoms with van der Waals surface area (Å²) in [6.07, 6.45) is -3.01. The molecule has 3 unspecified atom stereocenters. The Morgan fingerprint density at radius 2 is 1.71 bits per heavy atom. The maximum Gasteiger partial charge on any atom is 0.335 e. The van der Waals surface area contributed by atoms with Crippen LogP contribution in [0.25, 0.3) is 0 Å². The van der Waals surface area contributed by atoms with Gasteiger partial charge in [0.05, 0.1) is 6.61 Å². The van der Waals surface area contributed by atoms with Gasteiger partial charge in [0.25, 0.3) is 5.79 Å². The van der Waals surface area contributed by atoms with Gasteiger partial charge in [-0.2, -0.15) is 8.42 Å². The van der Waals surface area contributed by atoms with Gasteiger partial charge in [-0.25, -0.2) is 0 Å². The molecule has 0 aliphatic heterocycles. The molecule has 0 saturated heterocycles. The number of hydrogen-bond donors (Lipinski definition) is 7. The summed E-state index contributed by atoms with van der Waals surface area (Å²) in [4.78, 5) is 11.3. The van der Waals surface area contributed by atoms with Crippen molar-refractivity contribution in [3.05, 3.63) is 12.2 Å². The molecule has 7 N–H and O–H groups in total. The zero-order chi connectivity index (χ0) is 17.1. The lowest BCUT2D eigenvalue weighted by Crippen LogP contribution is -2.68. The fraction of sp³-hybridized carbons (Fsp3) is 0.700. The summed E-state index contributed by atoms with van der Waals surface area (Å²) in [6, 6.07) is 0. The predicted molar refractivity (Wildman–Crippen MR) is 67.2 cm³/mol. The van der Waals surface area contributed by atoms with Crippen LogP contribution >= 0.6 is 0 Å². The molecule has 0 aromatic rings. The highest BCUT2D eigenvalue weighted by Crippen LogP contribution is 2.30. The normalized spacial score (nSPS) is 19.2. The van der Waals surface area contributed by atoms with Crippen molar-refractivity contribution in [2.24, 2.45) is 0 Å². The molecule has 21 heavy (non-hydrogen) atoms. The Balaban J connectivity index is 6.03. The summed E-state index contributed by atoms with van der Waals surface area (Å²) >= 11 is 0. The monoisotopic (exact) mass is 330 g/mol. The van der Waals surface area contributed by atoms with Gasteiger partial charge in [-0.1, -0.05) is 13.0 Å². The molecule has 0 amide bonds. The van der Waals surface area contributed by atoms with E-state index in [1.807, 2.05) is 0 Å². The van der Waals surface area contributed by atoms with Crippen molar-refractivity contribution in [3.8, 4) is 0 Å². The lowest BCUT2D eigenvalue weighted by Gasteiger charge is -2.39. The summed E-state index contributed by atoms with van der Waals surface area (Å²) in [6.45, 7) is 0.381. The third-order valence-electron chi connectivity index (χ3n) is 2.69. The first-order valence-electron chi connectivity index (χ1n) is 5.70. The summed E-state index contributed by atoms with van der Waals surface area (Å²) < 4.78 is 30.0. The van der Waals surface area contributed by atoms with Crippen molar-refractivity contribution in [2.75, 3.05) is 6.61 Å². The van der Waals surface area contributed by atoms with Crippen LogP contribution in [0, 0.1) is 0 Å². The minimum atomic E-state index is -5.62. The first-order valence-corrected chi connectivity index (χ1v) is 7.14. The standard InChI is InChI=1S/C10H18O10S/c1-2-3-4-9(15,7(13)6(12)5-11)10(16,17)8(14)21(18,19)20/h3-4,6-7,11-13,15-17H,2,5H2,1H3,(H,18,19,20). The van der Waals surface area contributed by atoms with Gasteiger partial charge in [0.15, 0.2) is 5.60 Å². The van der Waals surface area contributed by atoms with E-state index in [2.05, 4.69) is 0 Å². The van der Waals surface area contributed by atoms with Crippen LogP contribution in [0.4, 0.5) is 0 Å². The average molecular weight is 330 g/mol. The first kappa shape index (κ1) is 20.1. The molecular weight excluding hydrogens is 312 g/mol. The molecule has 3 atom stereocenters. The van der Waals surface area contributed by atoms with Gasteiger partial charge in [-0.3, -0.25) is 9.35 Å². The SMILES string of the molecule is CCC=CC(O)(C(O)C(O)CO)C(O)(O)C(=O)S(=O)(=O)O. The lowest BCUT2D eigenvalue weighted by molar-refractivity contribution is -0.273. The van der Waals surface area contributed by atoms with E-state index < -0.39 is 45.4 Å². The van der Waals surface area contributed by atoms with E-state index in [9.17, 15) is 38.7 Å². The van der Waals surface area contributed by atoms with E-state index in [4.69, 9.17) is 9.66 Å². The Kier molecular flexibility index (Phi) is 6.59. The average Bonchev–Trinajstić information content (AvgIpc) is 2.40. The smallest absolute Gasteiger partial charge is 0.335 e. The molecule has 11 heteroatoms. The second-order valence-corrected chi connectivity index (χ2v) is 5.59. The Morgan fingerprint density at radius 1 is 1.24 bits per heavy atom. The Labute approximate surface area is 120 Å². The Morgan fingerprint density at radius 3 is 2.05 bits per heavy atom. The van der Waals surface area contributed by atoms with Gasteiger partial charge in [0.1, 0.15) is 12.2 Å². The quantitative estimate of drug-likeness (QED) is 0.140. The molecule has 0 fully saturated rings. The second kappa shape index (κ2) is 6.89.